The molecule has 3 unspecified atom stereocenters. The lowest BCUT2D eigenvalue weighted by atomic mass is 9.85. The first-order chi connectivity index (χ1) is 17.3. The number of amides is 2. The Morgan fingerprint density at radius 1 is 1.08 bits per heavy atom. The van der Waals surface area contributed by atoms with Crippen LogP contribution in [0.4, 0.5) is 4.79 Å². The number of ketones is 1. The van der Waals surface area contributed by atoms with Crippen molar-refractivity contribution in [3.05, 3.63) is 93.9 Å². The van der Waals surface area contributed by atoms with Crippen molar-refractivity contribution >= 4 is 17.8 Å². The molecular formula is C27H29N3O6. The summed E-state index contributed by atoms with van der Waals surface area (Å²) in [5, 5.41) is 15.8. The van der Waals surface area contributed by atoms with Crippen LogP contribution in [0.15, 0.2) is 72.0 Å². The third kappa shape index (κ3) is 5.17. The molecule has 3 atom stereocenters. The number of hydroxylamine groups is 2. The molecule has 0 saturated heterocycles. The van der Waals surface area contributed by atoms with Crippen molar-refractivity contribution in [3.63, 3.8) is 0 Å². The molecule has 2 amide bonds. The van der Waals surface area contributed by atoms with Gasteiger partial charge in [0.1, 0.15) is 11.8 Å². The second kappa shape index (κ2) is 10.8. The van der Waals surface area contributed by atoms with Crippen LogP contribution in [0.1, 0.15) is 28.4 Å². The van der Waals surface area contributed by atoms with E-state index in [1.165, 1.54) is 12.0 Å². The number of carbonyl (C=O) groups excluding carboxylic acids is 3. The largest absolute Gasteiger partial charge is 0.633 e. The molecule has 0 bridgehead atoms. The van der Waals surface area contributed by atoms with Crippen molar-refractivity contribution in [3.8, 4) is 5.75 Å². The minimum atomic E-state index is -0.835. The summed E-state index contributed by atoms with van der Waals surface area (Å²) in [5.74, 6) is 0.0218. The third-order valence-electron chi connectivity index (χ3n) is 6.64. The number of urea groups is 1. The highest BCUT2D eigenvalue weighted by Crippen LogP contribution is 2.24. The van der Waals surface area contributed by atoms with E-state index in [9.17, 15) is 19.6 Å². The highest BCUT2D eigenvalue weighted by molar-refractivity contribution is 6.02. The minimum Gasteiger partial charge on any atom is -0.633 e. The summed E-state index contributed by atoms with van der Waals surface area (Å²) in [4.78, 5) is 39.3. The fraction of sp³-hybridized carbons (Fsp3) is 0.296. The lowest BCUT2D eigenvalue weighted by molar-refractivity contribution is -0.884. The molecule has 0 fully saturated rings. The standard InChI is InChI=1S/C27H29N3O6/c1-17-22-12-13-29(27(33)28-15-19-6-10-21(35-2)11-7-19)16-23(22)25(31)24(30(17)34)14-18-4-8-20(9-5-18)26(32)36-3/h4-13,17,24,30H,14-16H2,1-3H3,(H,28,33). The van der Waals surface area contributed by atoms with Gasteiger partial charge in [0.15, 0.2) is 6.04 Å². The smallest absolute Gasteiger partial charge is 0.337 e. The molecule has 2 aromatic carbocycles. The van der Waals surface area contributed by atoms with Gasteiger partial charge < -0.3 is 25.1 Å². The van der Waals surface area contributed by atoms with Gasteiger partial charge in [0.2, 0.25) is 5.78 Å². The maximum absolute atomic E-state index is 13.4. The maximum atomic E-state index is 13.4. The van der Waals surface area contributed by atoms with Crippen LogP contribution in [0.2, 0.25) is 0 Å². The molecule has 9 nitrogen and oxygen atoms in total. The Morgan fingerprint density at radius 3 is 2.39 bits per heavy atom. The summed E-state index contributed by atoms with van der Waals surface area (Å²) in [6.45, 7) is 2.22. The van der Waals surface area contributed by atoms with Crippen LogP contribution in [0.25, 0.3) is 0 Å². The molecule has 2 aliphatic rings. The second-order valence-corrected chi connectivity index (χ2v) is 8.82. The molecule has 0 aromatic heterocycles. The van der Waals surface area contributed by atoms with Crippen LogP contribution < -0.4 is 15.1 Å². The van der Waals surface area contributed by atoms with Gasteiger partial charge in [-0.3, -0.25) is 9.69 Å². The second-order valence-electron chi connectivity index (χ2n) is 8.82. The summed E-state index contributed by atoms with van der Waals surface area (Å²) < 4.78 is 9.86. The fourth-order valence-corrected chi connectivity index (χ4v) is 4.49. The molecule has 9 heteroatoms. The molecule has 0 radical (unpaired) electrons. The van der Waals surface area contributed by atoms with E-state index in [0.29, 0.717) is 23.3 Å². The SMILES string of the molecule is COC(=O)c1ccc(CC2C(=O)C3=C(C=CN(C(=O)NCc4ccc(OC)cc4)C3)C(C)[NH+]2[O-])cc1. The predicted molar refractivity (Wildman–Crippen MR) is 132 cm³/mol. The van der Waals surface area contributed by atoms with Crippen LogP contribution in [-0.2, 0) is 22.5 Å². The van der Waals surface area contributed by atoms with Gasteiger partial charge >= 0.3 is 12.0 Å². The Labute approximate surface area is 209 Å². The molecule has 0 aliphatic carbocycles. The summed E-state index contributed by atoms with van der Waals surface area (Å²) in [6, 6.07) is 12.4. The van der Waals surface area contributed by atoms with E-state index in [1.54, 1.807) is 50.6 Å². The van der Waals surface area contributed by atoms with E-state index in [-0.39, 0.29) is 29.8 Å². The van der Waals surface area contributed by atoms with Gasteiger partial charge in [-0.2, -0.15) is 0 Å². The molecular weight excluding hydrogens is 462 g/mol. The lowest BCUT2D eigenvalue weighted by Gasteiger charge is -2.42. The summed E-state index contributed by atoms with van der Waals surface area (Å²) in [5.41, 5.74) is 3.24. The van der Waals surface area contributed by atoms with Gasteiger partial charge in [-0.05, 0) is 48.4 Å². The summed E-state index contributed by atoms with van der Waals surface area (Å²) in [7, 11) is 2.90. The molecule has 4 rings (SSSR count). The quantitative estimate of drug-likeness (QED) is 0.471. The Balaban J connectivity index is 1.43. The van der Waals surface area contributed by atoms with Crippen molar-refractivity contribution in [1.29, 1.82) is 0 Å². The Hall–Kier alpha value is -3.95. The number of Topliss-reactive ketones (excluding diaryl/α,β-unsaturated/α-hetero) is 1. The zero-order valence-electron chi connectivity index (χ0n) is 20.4. The number of ether oxygens (including phenoxy) is 2. The molecule has 36 heavy (non-hydrogen) atoms. The van der Waals surface area contributed by atoms with E-state index in [4.69, 9.17) is 9.47 Å². The minimum absolute atomic E-state index is 0.106. The zero-order chi connectivity index (χ0) is 25.8. The van der Waals surface area contributed by atoms with Gasteiger partial charge in [-0.1, -0.05) is 24.3 Å². The number of carbonyl (C=O) groups is 3. The topological polar surface area (TPSA) is 112 Å². The van der Waals surface area contributed by atoms with Crippen LogP contribution in [0.5, 0.6) is 5.75 Å². The zero-order valence-corrected chi connectivity index (χ0v) is 20.4. The molecule has 0 spiro atoms. The number of methoxy groups -OCH3 is 2. The van der Waals surface area contributed by atoms with Crippen molar-refractivity contribution in [2.24, 2.45) is 0 Å². The summed E-state index contributed by atoms with van der Waals surface area (Å²) >= 11 is 0. The highest BCUT2D eigenvalue weighted by Gasteiger charge is 2.41. The highest BCUT2D eigenvalue weighted by atomic mass is 16.5. The number of rotatable bonds is 6. The van der Waals surface area contributed by atoms with Gasteiger partial charge in [-0.15, -0.1) is 0 Å². The van der Waals surface area contributed by atoms with Crippen molar-refractivity contribution in [2.45, 2.75) is 32.0 Å². The number of esters is 1. The van der Waals surface area contributed by atoms with E-state index in [2.05, 4.69) is 5.32 Å². The lowest BCUT2D eigenvalue weighted by Crippen LogP contribution is -3.17. The number of nitrogens with zero attached hydrogens (tertiary/aromatic N) is 1. The molecule has 188 valence electrons. The molecule has 0 saturated carbocycles. The monoisotopic (exact) mass is 491 g/mol. The first-order valence-corrected chi connectivity index (χ1v) is 11.7. The average Bonchev–Trinajstić information content (AvgIpc) is 2.92. The fourth-order valence-electron chi connectivity index (χ4n) is 4.49. The van der Waals surface area contributed by atoms with Crippen LogP contribution >= 0.6 is 0 Å². The number of hydrogen-bond acceptors (Lipinski definition) is 6. The van der Waals surface area contributed by atoms with E-state index < -0.39 is 18.1 Å². The number of quaternary nitrogens is 1. The van der Waals surface area contributed by atoms with Gasteiger partial charge in [-0.25, -0.2) is 9.59 Å². The molecule has 2 aromatic rings. The Bertz CT molecular complexity index is 1200. The molecule has 2 aliphatic heterocycles. The third-order valence-corrected chi connectivity index (χ3v) is 6.64. The number of hydrogen-bond donors (Lipinski definition) is 2. The first-order valence-electron chi connectivity index (χ1n) is 11.7. The average molecular weight is 492 g/mol. The Kier molecular flexibility index (Phi) is 7.52. The number of benzene rings is 2. The van der Waals surface area contributed by atoms with Crippen LogP contribution in [0.3, 0.4) is 0 Å². The maximum Gasteiger partial charge on any atom is 0.337 e. The summed E-state index contributed by atoms with van der Waals surface area (Å²) in [6.07, 6.45) is 3.53. The molecule has 2 heterocycles. The van der Waals surface area contributed by atoms with Crippen LogP contribution in [-0.4, -0.2) is 55.5 Å². The Morgan fingerprint density at radius 2 is 1.75 bits per heavy atom. The number of nitrogens with one attached hydrogen (secondary N) is 2. The van der Waals surface area contributed by atoms with Gasteiger partial charge in [0.05, 0.1) is 26.3 Å². The normalized spacial score (nSPS) is 21.2. The first kappa shape index (κ1) is 25.2. The van der Waals surface area contributed by atoms with Gasteiger partial charge in [0, 0.05) is 30.3 Å². The van der Waals surface area contributed by atoms with E-state index in [0.717, 1.165) is 16.9 Å². The van der Waals surface area contributed by atoms with E-state index in [1.807, 2.05) is 24.3 Å². The predicted octanol–water partition coefficient (Wildman–Crippen LogP) is 1.78. The van der Waals surface area contributed by atoms with Gasteiger partial charge in [0.25, 0.3) is 0 Å². The van der Waals surface area contributed by atoms with E-state index >= 15 is 0 Å². The van der Waals surface area contributed by atoms with Crippen molar-refractivity contribution < 1.29 is 28.9 Å². The van der Waals surface area contributed by atoms with Crippen LogP contribution in [0, 0.1) is 5.21 Å². The van der Waals surface area contributed by atoms with Crippen molar-refractivity contribution in [2.75, 3.05) is 20.8 Å². The van der Waals surface area contributed by atoms with Crippen molar-refractivity contribution in [1.82, 2.24) is 10.2 Å². The molecule has 2 N–H and O–H groups in total.